The third-order valence-electron chi connectivity index (χ3n) is 2.20. The van der Waals surface area contributed by atoms with Gasteiger partial charge in [-0.2, -0.15) is 0 Å². The second-order valence-electron chi connectivity index (χ2n) is 5.21. The van der Waals surface area contributed by atoms with E-state index in [0.717, 1.165) is 24.4 Å². The first-order valence-electron chi connectivity index (χ1n) is 6.43. The number of unbranched alkanes of at least 4 members (excludes halogenated alkanes) is 1. The molecule has 0 aliphatic rings. The van der Waals surface area contributed by atoms with Gasteiger partial charge in [-0.05, 0) is 0 Å². The van der Waals surface area contributed by atoms with Gasteiger partial charge in [-0.25, -0.2) is 0 Å². The van der Waals surface area contributed by atoms with Crippen molar-refractivity contribution >= 4 is 20.7 Å². The van der Waals surface area contributed by atoms with E-state index in [0.29, 0.717) is 11.8 Å². The summed E-state index contributed by atoms with van der Waals surface area (Å²) in [7, 11) is 0. The predicted molar refractivity (Wildman–Crippen MR) is 74.2 cm³/mol. The number of amidine groups is 1. The first-order valence-corrected chi connectivity index (χ1v) is 7.29. The fourth-order valence-electron chi connectivity index (χ4n) is 1.55. The molecule has 0 amide bonds. The van der Waals surface area contributed by atoms with Crippen molar-refractivity contribution in [3.8, 4) is 0 Å². The van der Waals surface area contributed by atoms with Crippen molar-refractivity contribution in [2.75, 3.05) is 19.6 Å². The van der Waals surface area contributed by atoms with Crippen molar-refractivity contribution in [1.82, 2.24) is 4.90 Å². The van der Waals surface area contributed by atoms with E-state index in [9.17, 15) is 0 Å². The van der Waals surface area contributed by atoms with E-state index < -0.39 is 0 Å². The van der Waals surface area contributed by atoms with E-state index in [4.69, 9.17) is 0 Å². The van der Waals surface area contributed by atoms with Crippen LogP contribution in [0.1, 0.15) is 47.5 Å². The van der Waals surface area contributed by atoms with Crippen LogP contribution in [0, 0.1) is 11.8 Å². The second kappa shape index (κ2) is 9.06. The van der Waals surface area contributed by atoms with Gasteiger partial charge in [0.15, 0.2) is 0 Å². The summed E-state index contributed by atoms with van der Waals surface area (Å²) in [4.78, 5) is 6.99. The van der Waals surface area contributed by atoms with Crippen molar-refractivity contribution in [3.63, 3.8) is 0 Å². The van der Waals surface area contributed by atoms with E-state index in [2.05, 4.69) is 60.5 Å². The van der Waals surface area contributed by atoms with Crippen LogP contribution in [0.2, 0.25) is 0 Å². The maximum atomic E-state index is 4.61. The molecule has 0 aliphatic carbocycles. The third-order valence-corrected chi connectivity index (χ3v) is 3.01. The summed E-state index contributed by atoms with van der Waals surface area (Å²) in [5.74, 6) is 1.37. The van der Waals surface area contributed by atoms with Crippen LogP contribution in [0.15, 0.2) is 4.99 Å². The van der Waals surface area contributed by atoms with E-state index in [-0.39, 0.29) is 0 Å². The Morgan fingerprint density at radius 1 is 1.12 bits per heavy atom. The average Bonchev–Trinajstić information content (AvgIpc) is 2.15. The summed E-state index contributed by atoms with van der Waals surface area (Å²) in [5.41, 5.74) is 0. The molecule has 0 bridgehead atoms. The molecule has 16 heavy (non-hydrogen) atoms. The van der Waals surface area contributed by atoms with Crippen LogP contribution >= 0.6 is 0 Å². The van der Waals surface area contributed by atoms with Gasteiger partial charge >= 0.3 is 110 Å². The summed E-state index contributed by atoms with van der Waals surface area (Å²) < 4.78 is 1.09. The minimum absolute atomic E-state index is 0.684. The quantitative estimate of drug-likeness (QED) is 0.305. The molecule has 0 saturated heterocycles. The second-order valence-corrected chi connectivity index (χ2v) is 5.98. The molecular formula is C13H27N2Se. The summed E-state index contributed by atoms with van der Waals surface area (Å²) in [5, 5.41) is 0. The molecule has 0 saturated carbocycles. The zero-order valence-electron chi connectivity index (χ0n) is 11.5. The molecule has 2 nitrogen and oxygen atoms in total. The van der Waals surface area contributed by atoms with Gasteiger partial charge in [0.25, 0.3) is 0 Å². The van der Waals surface area contributed by atoms with Crippen LogP contribution in [0.5, 0.6) is 0 Å². The van der Waals surface area contributed by atoms with Gasteiger partial charge in [0.1, 0.15) is 0 Å². The Kier molecular flexibility index (Phi) is 9.06. The molecule has 0 heterocycles. The van der Waals surface area contributed by atoms with E-state index in [1.54, 1.807) is 0 Å². The van der Waals surface area contributed by atoms with Crippen molar-refractivity contribution < 1.29 is 0 Å². The predicted octanol–water partition coefficient (Wildman–Crippen LogP) is 2.93. The molecule has 1 radical (unpaired) electrons. The minimum atomic E-state index is 0.684. The molecule has 0 atom stereocenters. The van der Waals surface area contributed by atoms with Crippen molar-refractivity contribution in [2.24, 2.45) is 16.8 Å². The number of nitrogens with zero attached hydrogens (tertiary/aromatic N) is 2. The molecular weight excluding hydrogens is 263 g/mol. The van der Waals surface area contributed by atoms with Crippen LogP contribution in [-0.4, -0.2) is 45.3 Å². The van der Waals surface area contributed by atoms with Crippen LogP contribution in [0.25, 0.3) is 0 Å². The first kappa shape index (κ1) is 16.0. The van der Waals surface area contributed by atoms with E-state index >= 15 is 0 Å². The summed E-state index contributed by atoms with van der Waals surface area (Å²) in [6, 6.07) is 0. The topological polar surface area (TPSA) is 15.6 Å². The molecule has 95 valence electrons. The zero-order chi connectivity index (χ0) is 12.6. The molecule has 0 rings (SSSR count). The summed E-state index contributed by atoms with van der Waals surface area (Å²) in [6.45, 7) is 14.4. The number of aliphatic imine (C=N–C) groups is 1. The molecule has 0 N–H and O–H groups in total. The number of rotatable bonds is 7. The zero-order valence-corrected chi connectivity index (χ0v) is 13.2. The molecule has 0 aromatic rings. The normalized spacial score (nSPS) is 12.6. The monoisotopic (exact) mass is 291 g/mol. The molecule has 0 unspecified atom stereocenters. The van der Waals surface area contributed by atoms with Gasteiger partial charge in [-0.1, -0.05) is 0 Å². The SMILES string of the molecule is CCCCN=C([Se])N(CC(C)C)CC(C)C. The average molecular weight is 290 g/mol. The molecule has 0 aromatic carbocycles. The Morgan fingerprint density at radius 2 is 1.62 bits per heavy atom. The number of hydrogen-bond donors (Lipinski definition) is 0. The van der Waals surface area contributed by atoms with Gasteiger partial charge < -0.3 is 0 Å². The molecule has 0 fully saturated rings. The van der Waals surface area contributed by atoms with E-state index in [1.807, 2.05) is 0 Å². The van der Waals surface area contributed by atoms with Crippen molar-refractivity contribution in [2.45, 2.75) is 47.5 Å². The van der Waals surface area contributed by atoms with Crippen molar-refractivity contribution in [1.29, 1.82) is 0 Å². The van der Waals surface area contributed by atoms with Gasteiger partial charge in [0, 0.05) is 0 Å². The summed E-state index contributed by atoms with van der Waals surface area (Å²) in [6.07, 6.45) is 2.40. The number of hydrogen-bond acceptors (Lipinski definition) is 1. The van der Waals surface area contributed by atoms with Crippen LogP contribution in [-0.2, 0) is 0 Å². The van der Waals surface area contributed by atoms with Gasteiger partial charge in [-0.15, -0.1) is 0 Å². The Bertz CT molecular complexity index is 190. The van der Waals surface area contributed by atoms with Crippen molar-refractivity contribution in [3.05, 3.63) is 0 Å². The van der Waals surface area contributed by atoms with Gasteiger partial charge in [-0.3, -0.25) is 0 Å². The Morgan fingerprint density at radius 3 is 2.00 bits per heavy atom. The Hall–Kier alpha value is -0.0105. The Balaban J connectivity index is 4.30. The Labute approximate surface area is 110 Å². The molecule has 0 aromatic heterocycles. The standard InChI is InChI=1S/C13H27N2Se/c1-6-7-8-14-13(16)15(9-11(2)3)10-12(4)5/h11-12H,6-10H2,1-5H3. The fourth-order valence-corrected chi connectivity index (χ4v) is 2.05. The van der Waals surface area contributed by atoms with Crippen LogP contribution in [0.4, 0.5) is 0 Å². The fraction of sp³-hybridized carbons (Fsp3) is 0.923. The van der Waals surface area contributed by atoms with Crippen LogP contribution in [0.3, 0.4) is 0 Å². The molecule has 0 spiro atoms. The molecule has 0 aliphatic heterocycles. The van der Waals surface area contributed by atoms with E-state index in [1.165, 1.54) is 12.8 Å². The summed E-state index contributed by atoms with van der Waals surface area (Å²) >= 11 is 3.12. The van der Waals surface area contributed by atoms with Gasteiger partial charge in [0.2, 0.25) is 0 Å². The van der Waals surface area contributed by atoms with Gasteiger partial charge in [0.05, 0.1) is 0 Å². The third kappa shape index (κ3) is 8.18. The van der Waals surface area contributed by atoms with Crippen LogP contribution < -0.4 is 0 Å². The molecule has 3 heteroatoms. The maximum absolute atomic E-state index is 4.61. The first-order chi connectivity index (χ1) is 7.47.